The molecule has 0 atom stereocenters. The van der Waals surface area contributed by atoms with Crippen molar-refractivity contribution in [2.75, 3.05) is 13.6 Å². The molecule has 0 unspecified atom stereocenters. The zero-order valence-electron chi connectivity index (χ0n) is 14.9. The van der Waals surface area contributed by atoms with Gasteiger partial charge in [0.2, 0.25) is 15.9 Å². The first-order chi connectivity index (χ1) is 11.8. The summed E-state index contributed by atoms with van der Waals surface area (Å²) >= 11 is 0. The predicted octanol–water partition coefficient (Wildman–Crippen LogP) is 2.92. The molecule has 0 aromatic heterocycles. The minimum Gasteiger partial charge on any atom is -0.353 e. The van der Waals surface area contributed by atoms with Gasteiger partial charge in [-0.05, 0) is 62.3 Å². The number of nitrogens with zero attached hydrogens (tertiary/aromatic N) is 1. The number of amides is 1. The average molecular weight is 370 g/mol. The van der Waals surface area contributed by atoms with Crippen molar-refractivity contribution in [3.8, 4) is 0 Å². The van der Waals surface area contributed by atoms with Gasteiger partial charge in [0.15, 0.2) is 0 Å². The second kappa shape index (κ2) is 8.76. The molecule has 1 aliphatic carbocycles. The first-order valence-corrected chi connectivity index (χ1v) is 10.2. The number of hydrogen-bond acceptors (Lipinski definition) is 3. The van der Waals surface area contributed by atoms with Crippen molar-refractivity contribution in [3.63, 3.8) is 0 Å². The maximum absolute atomic E-state index is 12.9. The fourth-order valence-electron chi connectivity index (χ4n) is 3.07. The first-order valence-electron chi connectivity index (χ1n) is 8.80. The Kier molecular flexibility index (Phi) is 6.95. The Balaban J connectivity index is 1.76. The summed E-state index contributed by atoms with van der Waals surface area (Å²) in [6.07, 6.45) is 5.08. The van der Waals surface area contributed by atoms with Crippen molar-refractivity contribution in [3.05, 3.63) is 30.1 Å². The van der Waals surface area contributed by atoms with Gasteiger partial charge in [-0.1, -0.05) is 6.92 Å². The lowest BCUT2D eigenvalue weighted by Crippen LogP contribution is -2.37. The summed E-state index contributed by atoms with van der Waals surface area (Å²) in [5.41, 5.74) is 0. The van der Waals surface area contributed by atoms with Crippen molar-refractivity contribution in [1.82, 2.24) is 9.62 Å². The highest BCUT2D eigenvalue weighted by Crippen LogP contribution is 2.23. The van der Waals surface area contributed by atoms with E-state index in [1.165, 1.54) is 23.5 Å². The average Bonchev–Trinajstić information content (AvgIpc) is 2.57. The molecule has 140 valence electrons. The van der Waals surface area contributed by atoms with Crippen LogP contribution in [0.15, 0.2) is 29.2 Å². The van der Waals surface area contributed by atoms with E-state index in [1.54, 1.807) is 0 Å². The van der Waals surface area contributed by atoms with Crippen LogP contribution in [0, 0.1) is 11.7 Å². The molecule has 0 radical (unpaired) electrons. The van der Waals surface area contributed by atoms with E-state index >= 15 is 0 Å². The minimum atomic E-state index is -3.65. The largest absolute Gasteiger partial charge is 0.353 e. The molecule has 7 heteroatoms. The molecule has 1 fully saturated rings. The van der Waals surface area contributed by atoms with Crippen LogP contribution in [0.4, 0.5) is 4.39 Å². The third kappa shape index (κ3) is 5.78. The van der Waals surface area contributed by atoms with Gasteiger partial charge in [-0.15, -0.1) is 0 Å². The van der Waals surface area contributed by atoms with E-state index in [4.69, 9.17) is 0 Å². The van der Waals surface area contributed by atoms with Crippen LogP contribution in [-0.2, 0) is 14.8 Å². The summed E-state index contributed by atoms with van der Waals surface area (Å²) in [7, 11) is -2.18. The van der Waals surface area contributed by atoms with Gasteiger partial charge in [0.1, 0.15) is 5.82 Å². The summed E-state index contributed by atoms with van der Waals surface area (Å²) in [6.45, 7) is 2.48. The van der Waals surface area contributed by atoms with Crippen LogP contribution >= 0.6 is 0 Å². The van der Waals surface area contributed by atoms with Gasteiger partial charge in [0, 0.05) is 26.1 Å². The molecule has 0 spiro atoms. The molecular formula is C18H27FN2O3S. The monoisotopic (exact) mass is 370 g/mol. The normalized spacial score (nSPS) is 21.3. The summed E-state index contributed by atoms with van der Waals surface area (Å²) in [5.74, 6) is 0.237. The highest BCUT2D eigenvalue weighted by molar-refractivity contribution is 7.89. The molecular weight excluding hydrogens is 343 g/mol. The molecule has 1 aromatic rings. The van der Waals surface area contributed by atoms with Crippen molar-refractivity contribution in [2.24, 2.45) is 5.92 Å². The Morgan fingerprint density at radius 1 is 1.20 bits per heavy atom. The number of carbonyl (C=O) groups is 1. The molecule has 0 aliphatic heterocycles. The van der Waals surface area contributed by atoms with Gasteiger partial charge < -0.3 is 5.32 Å². The van der Waals surface area contributed by atoms with E-state index in [9.17, 15) is 17.6 Å². The summed E-state index contributed by atoms with van der Waals surface area (Å²) in [6, 6.07) is 5.00. The zero-order chi connectivity index (χ0) is 18.4. The van der Waals surface area contributed by atoms with Crippen molar-refractivity contribution < 1.29 is 17.6 Å². The second-order valence-electron chi connectivity index (χ2n) is 6.91. The minimum absolute atomic E-state index is 0.0212. The molecule has 25 heavy (non-hydrogen) atoms. The Morgan fingerprint density at radius 2 is 1.80 bits per heavy atom. The first kappa shape index (κ1) is 19.8. The number of halogens is 1. The maximum Gasteiger partial charge on any atom is 0.242 e. The van der Waals surface area contributed by atoms with Gasteiger partial charge in [-0.2, -0.15) is 0 Å². The molecule has 0 bridgehead atoms. The lowest BCUT2D eigenvalue weighted by molar-refractivity contribution is -0.122. The molecule has 1 amide bonds. The Labute approximate surface area is 149 Å². The maximum atomic E-state index is 12.9. The highest BCUT2D eigenvalue weighted by Gasteiger charge is 2.22. The summed E-state index contributed by atoms with van der Waals surface area (Å²) < 4.78 is 38.9. The second-order valence-corrected chi connectivity index (χ2v) is 8.95. The molecule has 2 rings (SSSR count). The number of rotatable bonds is 7. The fourth-order valence-corrected chi connectivity index (χ4v) is 4.28. The number of carbonyl (C=O) groups excluding carboxylic acids is 1. The number of nitrogens with one attached hydrogen (secondary N) is 1. The van der Waals surface area contributed by atoms with Gasteiger partial charge in [-0.25, -0.2) is 17.1 Å². The van der Waals surface area contributed by atoms with Crippen molar-refractivity contribution >= 4 is 15.9 Å². The van der Waals surface area contributed by atoms with Crippen LogP contribution in [-0.4, -0.2) is 38.3 Å². The Morgan fingerprint density at radius 3 is 2.40 bits per heavy atom. The molecule has 1 N–H and O–H groups in total. The quantitative estimate of drug-likeness (QED) is 0.802. The molecule has 1 aliphatic rings. The van der Waals surface area contributed by atoms with Crippen LogP contribution < -0.4 is 5.32 Å². The van der Waals surface area contributed by atoms with Crippen LogP contribution in [0.2, 0.25) is 0 Å². The third-order valence-electron chi connectivity index (χ3n) is 4.78. The zero-order valence-corrected chi connectivity index (χ0v) is 15.7. The topological polar surface area (TPSA) is 66.5 Å². The van der Waals surface area contributed by atoms with Crippen molar-refractivity contribution in [2.45, 2.75) is 56.4 Å². The Bertz CT molecular complexity index is 668. The molecule has 0 saturated heterocycles. The smallest absolute Gasteiger partial charge is 0.242 e. The predicted molar refractivity (Wildman–Crippen MR) is 95.0 cm³/mol. The third-order valence-corrected chi connectivity index (χ3v) is 6.65. The molecule has 5 nitrogen and oxygen atoms in total. The summed E-state index contributed by atoms with van der Waals surface area (Å²) in [5, 5.41) is 3.04. The van der Waals surface area contributed by atoms with Crippen LogP contribution in [0.5, 0.6) is 0 Å². The number of hydrogen-bond donors (Lipinski definition) is 1. The van der Waals surface area contributed by atoms with E-state index in [-0.39, 0.29) is 23.4 Å². The molecule has 1 aromatic carbocycles. The fraction of sp³-hybridized carbons (Fsp3) is 0.611. The van der Waals surface area contributed by atoms with E-state index in [1.807, 2.05) is 0 Å². The van der Waals surface area contributed by atoms with Gasteiger partial charge >= 0.3 is 0 Å². The van der Waals surface area contributed by atoms with Gasteiger partial charge in [-0.3, -0.25) is 4.79 Å². The lowest BCUT2D eigenvalue weighted by atomic mass is 9.87. The summed E-state index contributed by atoms with van der Waals surface area (Å²) in [4.78, 5) is 12.1. The van der Waals surface area contributed by atoms with Crippen LogP contribution in [0.1, 0.15) is 45.4 Å². The standard InChI is InChI=1S/C18H27FN2O3S/c1-14-5-9-16(10-6-14)20-18(22)4-3-13-21(2)25(23,24)17-11-7-15(19)8-12-17/h7-8,11-12,14,16H,3-6,9-10,13H2,1-2H3,(H,20,22). The molecule has 1 saturated carbocycles. The van der Waals surface area contributed by atoms with Gasteiger partial charge in [0.05, 0.1) is 4.90 Å². The van der Waals surface area contributed by atoms with Gasteiger partial charge in [0.25, 0.3) is 0 Å². The van der Waals surface area contributed by atoms with E-state index in [0.717, 1.165) is 43.7 Å². The lowest BCUT2D eigenvalue weighted by Gasteiger charge is -2.27. The Hall–Kier alpha value is -1.47. The SMILES string of the molecule is CC1CCC(NC(=O)CCCN(C)S(=O)(=O)c2ccc(F)cc2)CC1. The van der Waals surface area contributed by atoms with Crippen LogP contribution in [0.25, 0.3) is 0 Å². The molecule has 0 heterocycles. The number of benzene rings is 1. The van der Waals surface area contributed by atoms with E-state index < -0.39 is 15.8 Å². The van der Waals surface area contributed by atoms with Crippen LogP contribution in [0.3, 0.4) is 0 Å². The van der Waals surface area contributed by atoms with E-state index in [0.29, 0.717) is 12.8 Å². The highest BCUT2D eigenvalue weighted by atomic mass is 32.2. The number of sulfonamides is 1. The van der Waals surface area contributed by atoms with E-state index in [2.05, 4.69) is 12.2 Å². The van der Waals surface area contributed by atoms with Crippen molar-refractivity contribution in [1.29, 1.82) is 0 Å².